The van der Waals surface area contributed by atoms with E-state index in [1.165, 1.54) is 6.92 Å². The Morgan fingerprint density at radius 3 is 3.10 bits per heavy atom. The van der Waals surface area contributed by atoms with Crippen LogP contribution in [-0.2, 0) is 9.53 Å². The van der Waals surface area contributed by atoms with Crippen molar-refractivity contribution in [2.24, 2.45) is 5.92 Å². The van der Waals surface area contributed by atoms with Crippen molar-refractivity contribution < 1.29 is 9.53 Å². The van der Waals surface area contributed by atoms with Gasteiger partial charge in [0.1, 0.15) is 0 Å². The average Bonchev–Trinajstić information content (AvgIpc) is 2.34. The van der Waals surface area contributed by atoms with Gasteiger partial charge in [0.15, 0.2) is 0 Å². The Hall–Kier alpha value is -0.570. The molecule has 1 rings (SSSR count). The van der Waals surface area contributed by atoms with Crippen LogP contribution in [-0.4, -0.2) is 25.7 Å². The zero-order valence-electron chi connectivity index (χ0n) is 6.22. The van der Waals surface area contributed by atoms with E-state index < -0.39 is 0 Å². The quantitative estimate of drug-likeness (QED) is 0.559. The van der Waals surface area contributed by atoms with Gasteiger partial charge in [0.05, 0.1) is 6.61 Å². The minimum absolute atomic E-state index is 0.174. The van der Waals surface area contributed by atoms with Gasteiger partial charge in [-0.25, -0.2) is 0 Å². The lowest BCUT2D eigenvalue weighted by Gasteiger charge is -2.06. The highest BCUT2D eigenvalue weighted by atomic mass is 16.5. The molecule has 1 atom stereocenters. The summed E-state index contributed by atoms with van der Waals surface area (Å²) in [5.41, 5.74) is 0. The minimum Gasteiger partial charge on any atom is -0.466 e. The molecule has 0 aliphatic carbocycles. The molecule has 0 spiro atoms. The van der Waals surface area contributed by atoms with Gasteiger partial charge in [-0.3, -0.25) is 4.79 Å². The second kappa shape index (κ2) is 3.56. The molecule has 0 aromatic carbocycles. The first-order valence-electron chi connectivity index (χ1n) is 3.63. The van der Waals surface area contributed by atoms with E-state index in [1.807, 2.05) is 0 Å². The molecule has 0 unspecified atom stereocenters. The predicted molar refractivity (Wildman–Crippen MR) is 37.6 cm³/mol. The van der Waals surface area contributed by atoms with E-state index in [0.717, 1.165) is 19.5 Å². The SMILES string of the molecule is CC(=O)OC[C@H]1CCNC1. The number of carbonyl (C=O) groups excluding carboxylic acids is 1. The summed E-state index contributed by atoms with van der Waals surface area (Å²) in [4.78, 5) is 10.4. The zero-order valence-corrected chi connectivity index (χ0v) is 6.22. The third-order valence-corrected chi connectivity index (χ3v) is 1.68. The normalized spacial score (nSPS) is 24.7. The van der Waals surface area contributed by atoms with Crippen LogP contribution in [0.25, 0.3) is 0 Å². The third-order valence-electron chi connectivity index (χ3n) is 1.68. The maximum atomic E-state index is 10.4. The molecule has 0 bridgehead atoms. The minimum atomic E-state index is -0.174. The highest BCUT2D eigenvalue weighted by molar-refractivity contribution is 5.65. The molecule has 1 aliphatic rings. The molecule has 0 saturated carbocycles. The molecule has 1 heterocycles. The molecule has 58 valence electrons. The van der Waals surface area contributed by atoms with Crippen LogP contribution in [0.3, 0.4) is 0 Å². The van der Waals surface area contributed by atoms with E-state index in [4.69, 9.17) is 4.74 Å². The van der Waals surface area contributed by atoms with E-state index in [0.29, 0.717) is 12.5 Å². The Bertz CT molecular complexity index is 119. The van der Waals surface area contributed by atoms with Crippen LogP contribution in [0.5, 0.6) is 0 Å². The molecule has 0 aromatic heterocycles. The monoisotopic (exact) mass is 143 g/mol. The summed E-state index contributed by atoms with van der Waals surface area (Å²) in [5.74, 6) is 0.371. The van der Waals surface area contributed by atoms with E-state index in [1.54, 1.807) is 0 Å². The van der Waals surface area contributed by atoms with E-state index >= 15 is 0 Å². The maximum Gasteiger partial charge on any atom is 0.302 e. The first kappa shape index (κ1) is 7.54. The van der Waals surface area contributed by atoms with Crippen LogP contribution in [0.4, 0.5) is 0 Å². The van der Waals surface area contributed by atoms with Gasteiger partial charge in [-0.15, -0.1) is 0 Å². The average molecular weight is 143 g/mol. The molecule has 10 heavy (non-hydrogen) atoms. The van der Waals surface area contributed by atoms with Crippen molar-refractivity contribution in [1.29, 1.82) is 0 Å². The first-order chi connectivity index (χ1) is 4.79. The number of hydrogen-bond donors (Lipinski definition) is 1. The fourth-order valence-electron chi connectivity index (χ4n) is 1.09. The number of nitrogens with one attached hydrogen (secondary N) is 1. The highest BCUT2D eigenvalue weighted by Crippen LogP contribution is 2.06. The number of hydrogen-bond acceptors (Lipinski definition) is 3. The summed E-state index contributed by atoms with van der Waals surface area (Å²) >= 11 is 0. The topological polar surface area (TPSA) is 38.3 Å². The lowest BCUT2D eigenvalue weighted by atomic mass is 10.1. The molecule has 0 aromatic rings. The van der Waals surface area contributed by atoms with E-state index in [2.05, 4.69) is 5.32 Å². The summed E-state index contributed by atoms with van der Waals surface area (Å²) in [7, 11) is 0. The Morgan fingerprint density at radius 1 is 1.80 bits per heavy atom. The van der Waals surface area contributed by atoms with Gasteiger partial charge in [-0.05, 0) is 13.0 Å². The van der Waals surface area contributed by atoms with Crippen LogP contribution < -0.4 is 5.32 Å². The van der Waals surface area contributed by atoms with Crippen LogP contribution in [0.15, 0.2) is 0 Å². The molecule has 1 saturated heterocycles. The van der Waals surface area contributed by atoms with Gasteiger partial charge >= 0.3 is 5.97 Å². The number of esters is 1. The smallest absolute Gasteiger partial charge is 0.302 e. The molecule has 3 nitrogen and oxygen atoms in total. The molecule has 3 heteroatoms. The van der Waals surface area contributed by atoms with Gasteiger partial charge in [0.25, 0.3) is 0 Å². The number of rotatable bonds is 2. The Labute approximate surface area is 60.7 Å². The fraction of sp³-hybridized carbons (Fsp3) is 0.857. The van der Waals surface area contributed by atoms with Crippen molar-refractivity contribution in [3.05, 3.63) is 0 Å². The van der Waals surface area contributed by atoms with E-state index in [9.17, 15) is 4.79 Å². The first-order valence-corrected chi connectivity index (χ1v) is 3.63. The van der Waals surface area contributed by atoms with Crippen molar-refractivity contribution in [1.82, 2.24) is 5.32 Å². The Morgan fingerprint density at radius 2 is 2.60 bits per heavy atom. The summed E-state index contributed by atoms with van der Waals surface area (Å²) in [5, 5.41) is 3.20. The fourth-order valence-corrected chi connectivity index (χ4v) is 1.09. The molecule has 1 aliphatic heterocycles. The van der Waals surface area contributed by atoms with Crippen LogP contribution >= 0.6 is 0 Å². The van der Waals surface area contributed by atoms with E-state index in [-0.39, 0.29) is 5.97 Å². The lowest BCUT2D eigenvalue weighted by Crippen LogP contribution is -2.15. The number of ether oxygens (including phenoxy) is 1. The van der Waals surface area contributed by atoms with Crippen molar-refractivity contribution >= 4 is 5.97 Å². The van der Waals surface area contributed by atoms with Gasteiger partial charge < -0.3 is 10.1 Å². The van der Waals surface area contributed by atoms with Gasteiger partial charge in [-0.1, -0.05) is 0 Å². The second-order valence-electron chi connectivity index (χ2n) is 2.66. The highest BCUT2D eigenvalue weighted by Gasteiger charge is 2.14. The molecular formula is C7H13NO2. The zero-order chi connectivity index (χ0) is 7.40. The predicted octanol–water partition coefficient (Wildman–Crippen LogP) is 0.159. The van der Waals surface area contributed by atoms with Crippen molar-refractivity contribution in [3.8, 4) is 0 Å². The Balaban J connectivity index is 2.07. The summed E-state index contributed by atoms with van der Waals surface area (Å²) in [6.07, 6.45) is 1.13. The summed E-state index contributed by atoms with van der Waals surface area (Å²) < 4.78 is 4.85. The molecule has 1 N–H and O–H groups in total. The molecule has 1 fully saturated rings. The van der Waals surface area contributed by atoms with Crippen LogP contribution in [0, 0.1) is 5.92 Å². The molecular weight excluding hydrogens is 130 g/mol. The Kier molecular flexibility index (Phi) is 2.68. The summed E-state index contributed by atoms with van der Waals surface area (Å²) in [6, 6.07) is 0. The standard InChI is InChI=1S/C7H13NO2/c1-6(9)10-5-7-2-3-8-4-7/h7-8H,2-5H2,1H3/t7-/m0/s1. The maximum absolute atomic E-state index is 10.4. The van der Waals surface area contributed by atoms with Gasteiger partial charge in [0.2, 0.25) is 0 Å². The van der Waals surface area contributed by atoms with Gasteiger partial charge in [0, 0.05) is 19.4 Å². The second-order valence-corrected chi connectivity index (χ2v) is 2.66. The van der Waals surface area contributed by atoms with Crippen molar-refractivity contribution in [3.63, 3.8) is 0 Å². The van der Waals surface area contributed by atoms with Crippen LogP contribution in [0.2, 0.25) is 0 Å². The van der Waals surface area contributed by atoms with Crippen molar-refractivity contribution in [2.75, 3.05) is 19.7 Å². The van der Waals surface area contributed by atoms with Crippen LogP contribution in [0.1, 0.15) is 13.3 Å². The molecule has 0 radical (unpaired) electrons. The van der Waals surface area contributed by atoms with Crippen molar-refractivity contribution in [2.45, 2.75) is 13.3 Å². The number of carbonyl (C=O) groups is 1. The molecule has 0 amide bonds. The lowest BCUT2D eigenvalue weighted by molar-refractivity contribution is -0.142. The van der Waals surface area contributed by atoms with Gasteiger partial charge in [-0.2, -0.15) is 0 Å². The summed E-state index contributed by atoms with van der Waals surface area (Å²) in [6.45, 7) is 4.09. The third kappa shape index (κ3) is 2.35. The largest absolute Gasteiger partial charge is 0.466 e.